The minimum absolute atomic E-state index is 0.104. The van der Waals surface area contributed by atoms with Crippen LogP contribution in [0.15, 0.2) is 43.5 Å². The summed E-state index contributed by atoms with van der Waals surface area (Å²) in [6.07, 6.45) is 1.18. The van der Waals surface area contributed by atoms with Gasteiger partial charge in [-0.15, -0.1) is 0 Å². The molecule has 0 aliphatic heterocycles. The van der Waals surface area contributed by atoms with Crippen molar-refractivity contribution in [1.29, 1.82) is 0 Å². The van der Waals surface area contributed by atoms with Crippen molar-refractivity contribution in [3.05, 3.63) is 50.4 Å². The van der Waals surface area contributed by atoms with Crippen molar-refractivity contribution in [1.82, 2.24) is 9.82 Å². The third-order valence-electron chi connectivity index (χ3n) is 3.65. The first-order valence-corrected chi connectivity index (χ1v) is 9.78. The molecule has 2 aromatic carbocycles. The van der Waals surface area contributed by atoms with Gasteiger partial charge in [0, 0.05) is 11.6 Å². The quantitative estimate of drug-likeness (QED) is 0.444. The Labute approximate surface area is 168 Å². The summed E-state index contributed by atoms with van der Waals surface area (Å²) in [4.78, 5) is 15.5. The van der Waals surface area contributed by atoms with Gasteiger partial charge < -0.3 is 13.9 Å². The zero-order valence-electron chi connectivity index (χ0n) is 14.4. The fraction of sp³-hybridized carbons (Fsp3) is 0.125. The summed E-state index contributed by atoms with van der Waals surface area (Å²) in [5.74, 6) is -0.253. The van der Waals surface area contributed by atoms with E-state index in [0.717, 1.165) is 0 Å². The van der Waals surface area contributed by atoms with Crippen LogP contribution in [-0.2, 0) is 10.0 Å². The van der Waals surface area contributed by atoms with Crippen LogP contribution in [0.1, 0.15) is 5.56 Å². The molecule has 0 radical (unpaired) electrons. The molecule has 2 N–H and O–H groups in total. The van der Waals surface area contributed by atoms with Crippen LogP contribution in [0.5, 0.6) is 11.5 Å². The van der Waals surface area contributed by atoms with Crippen molar-refractivity contribution in [3.8, 4) is 11.5 Å². The highest BCUT2D eigenvalue weighted by Crippen LogP contribution is 2.41. The Morgan fingerprint density at radius 3 is 2.57 bits per heavy atom. The van der Waals surface area contributed by atoms with E-state index in [-0.39, 0.29) is 32.0 Å². The van der Waals surface area contributed by atoms with Gasteiger partial charge in [-0.05, 0) is 18.2 Å². The van der Waals surface area contributed by atoms with Crippen molar-refractivity contribution >= 4 is 50.5 Å². The topological polar surface area (TPSA) is 123 Å². The molecule has 0 aliphatic rings. The molecule has 0 aliphatic carbocycles. The van der Waals surface area contributed by atoms with Gasteiger partial charge in [0.2, 0.25) is 0 Å². The first-order valence-electron chi connectivity index (χ1n) is 7.54. The van der Waals surface area contributed by atoms with Crippen LogP contribution >= 0.6 is 23.2 Å². The van der Waals surface area contributed by atoms with Crippen LogP contribution in [0.25, 0.3) is 11.1 Å². The Balaban J connectivity index is 1.89. The Kier molecular flexibility index (Phi) is 5.54. The second-order valence-electron chi connectivity index (χ2n) is 5.35. The van der Waals surface area contributed by atoms with Gasteiger partial charge in [-0.3, -0.25) is 4.98 Å². The maximum absolute atomic E-state index is 12.4. The summed E-state index contributed by atoms with van der Waals surface area (Å²) in [5.41, 5.74) is 0.806. The number of hydrogen-bond donors (Lipinski definition) is 2. The third-order valence-corrected chi connectivity index (χ3v) is 5.49. The van der Waals surface area contributed by atoms with E-state index >= 15 is 0 Å². The van der Waals surface area contributed by atoms with Gasteiger partial charge in [0.25, 0.3) is 10.0 Å². The SMILES string of the molecule is COc1c(Cl)cc(/C=N/NS(=O)(=O)c2ccc3[nH]c(=O)oc3c2)c(OC)c1Cl. The predicted molar refractivity (Wildman–Crippen MR) is 104 cm³/mol. The third kappa shape index (κ3) is 3.79. The Morgan fingerprint density at radius 1 is 1.18 bits per heavy atom. The number of halogens is 2. The molecule has 0 amide bonds. The number of nitrogens with zero attached hydrogens (tertiary/aromatic N) is 1. The molecule has 0 saturated heterocycles. The molecule has 0 spiro atoms. The molecule has 148 valence electrons. The first kappa shape index (κ1) is 20.1. The molecular formula is C16H13Cl2N3O6S. The van der Waals surface area contributed by atoms with Crippen LogP contribution in [0, 0.1) is 0 Å². The molecular weight excluding hydrogens is 433 g/mol. The average molecular weight is 446 g/mol. The number of fused-ring (bicyclic) bond motifs is 1. The number of rotatable bonds is 6. The van der Waals surface area contributed by atoms with E-state index in [0.29, 0.717) is 11.1 Å². The van der Waals surface area contributed by atoms with E-state index in [9.17, 15) is 13.2 Å². The molecule has 0 saturated carbocycles. The lowest BCUT2D eigenvalue weighted by molar-refractivity contribution is 0.394. The van der Waals surface area contributed by atoms with E-state index in [1.165, 1.54) is 44.7 Å². The second-order valence-corrected chi connectivity index (χ2v) is 7.80. The van der Waals surface area contributed by atoms with E-state index < -0.39 is 15.8 Å². The summed E-state index contributed by atoms with van der Waals surface area (Å²) in [7, 11) is -1.24. The number of nitrogens with one attached hydrogen (secondary N) is 2. The van der Waals surface area contributed by atoms with Crippen molar-refractivity contribution in [2.45, 2.75) is 4.90 Å². The number of aromatic amines is 1. The van der Waals surface area contributed by atoms with E-state index in [4.69, 9.17) is 37.1 Å². The van der Waals surface area contributed by atoms with E-state index in [1.54, 1.807) is 0 Å². The van der Waals surface area contributed by atoms with Crippen LogP contribution in [0.3, 0.4) is 0 Å². The minimum atomic E-state index is -4.02. The molecule has 3 rings (SSSR count). The zero-order chi connectivity index (χ0) is 20.5. The summed E-state index contributed by atoms with van der Waals surface area (Å²) < 4.78 is 40.0. The number of hydrogen-bond acceptors (Lipinski definition) is 7. The average Bonchev–Trinajstić information content (AvgIpc) is 3.01. The fourth-order valence-corrected chi connectivity index (χ4v) is 3.91. The lowest BCUT2D eigenvalue weighted by Crippen LogP contribution is -2.18. The van der Waals surface area contributed by atoms with Gasteiger partial charge in [-0.2, -0.15) is 13.5 Å². The summed E-state index contributed by atoms with van der Waals surface area (Å²) >= 11 is 12.2. The van der Waals surface area contributed by atoms with Crippen LogP contribution in [0.2, 0.25) is 10.0 Å². The zero-order valence-corrected chi connectivity index (χ0v) is 16.8. The highest BCUT2D eigenvalue weighted by molar-refractivity contribution is 7.89. The number of benzene rings is 2. The van der Waals surface area contributed by atoms with Gasteiger partial charge in [0.1, 0.15) is 10.8 Å². The van der Waals surface area contributed by atoms with Gasteiger partial charge in [0.15, 0.2) is 11.3 Å². The number of H-pyrrole nitrogens is 1. The maximum atomic E-state index is 12.4. The number of ether oxygens (including phenoxy) is 2. The first-order chi connectivity index (χ1) is 13.3. The molecule has 3 aromatic rings. The van der Waals surface area contributed by atoms with Crippen molar-refractivity contribution in [2.75, 3.05) is 14.2 Å². The second kappa shape index (κ2) is 7.74. The maximum Gasteiger partial charge on any atom is 0.417 e. The van der Waals surface area contributed by atoms with E-state index in [1.807, 2.05) is 0 Å². The van der Waals surface area contributed by atoms with Crippen molar-refractivity contribution in [2.24, 2.45) is 5.10 Å². The van der Waals surface area contributed by atoms with E-state index in [2.05, 4.69) is 14.9 Å². The lowest BCUT2D eigenvalue weighted by Gasteiger charge is -2.12. The Morgan fingerprint density at radius 2 is 1.89 bits per heavy atom. The van der Waals surface area contributed by atoms with Gasteiger partial charge in [-0.25, -0.2) is 9.63 Å². The molecule has 28 heavy (non-hydrogen) atoms. The predicted octanol–water partition coefficient (Wildman–Crippen LogP) is 2.76. The highest BCUT2D eigenvalue weighted by Gasteiger charge is 2.18. The summed E-state index contributed by atoms with van der Waals surface area (Å²) in [6.45, 7) is 0. The van der Waals surface area contributed by atoms with Crippen molar-refractivity contribution in [3.63, 3.8) is 0 Å². The minimum Gasteiger partial charge on any atom is -0.494 e. The van der Waals surface area contributed by atoms with Gasteiger partial charge >= 0.3 is 5.76 Å². The molecule has 9 nitrogen and oxygen atoms in total. The Hall–Kier alpha value is -2.69. The molecule has 1 heterocycles. The normalized spacial score (nSPS) is 11.9. The number of aromatic nitrogens is 1. The molecule has 0 fully saturated rings. The standard InChI is InChI=1S/C16H13Cl2N3O6S/c1-25-14-8(5-10(17)15(26-2)13(14)18)7-19-21-28(23,24)9-3-4-11-12(6-9)27-16(22)20-11/h3-7,21H,1-2H3,(H,20,22)/b19-7+. The smallest absolute Gasteiger partial charge is 0.417 e. The summed E-state index contributed by atoms with van der Waals surface area (Å²) in [6, 6.07) is 5.37. The van der Waals surface area contributed by atoms with Crippen molar-refractivity contribution < 1.29 is 22.3 Å². The molecule has 0 atom stereocenters. The lowest BCUT2D eigenvalue weighted by atomic mass is 10.2. The number of hydrazone groups is 1. The van der Waals surface area contributed by atoms with Gasteiger partial charge in [-0.1, -0.05) is 23.2 Å². The highest BCUT2D eigenvalue weighted by atomic mass is 35.5. The molecule has 12 heteroatoms. The molecule has 0 unspecified atom stereocenters. The molecule has 0 bridgehead atoms. The fourth-order valence-electron chi connectivity index (χ4n) is 2.40. The van der Waals surface area contributed by atoms with Crippen LogP contribution in [0.4, 0.5) is 0 Å². The van der Waals surface area contributed by atoms with Crippen LogP contribution < -0.4 is 20.1 Å². The Bertz CT molecular complexity index is 1230. The monoisotopic (exact) mass is 445 g/mol. The largest absolute Gasteiger partial charge is 0.494 e. The van der Waals surface area contributed by atoms with Gasteiger partial charge in [0.05, 0.1) is 35.9 Å². The van der Waals surface area contributed by atoms with Crippen LogP contribution in [-0.4, -0.2) is 33.8 Å². The molecule has 1 aromatic heterocycles. The number of methoxy groups -OCH3 is 2. The number of sulfonamides is 1. The number of oxazole rings is 1. The summed E-state index contributed by atoms with van der Waals surface area (Å²) in [5, 5.41) is 4.04.